The van der Waals surface area contributed by atoms with Gasteiger partial charge < -0.3 is 14.4 Å². The highest BCUT2D eigenvalue weighted by Crippen LogP contribution is 2.31. The van der Waals surface area contributed by atoms with E-state index in [0.29, 0.717) is 30.9 Å². The van der Waals surface area contributed by atoms with Crippen LogP contribution in [0.5, 0.6) is 0 Å². The lowest BCUT2D eigenvalue weighted by atomic mass is 10.0. The molecule has 0 radical (unpaired) electrons. The summed E-state index contributed by atoms with van der Waals surface area (Å²) in [5.41, 5.74) is 4.33. The van der Waals surface area contributed by atoms with Gasteiger partial charge in [0.15, 0.2) is 5.76 Å². The van der Waals surface area contributed by atoms with Crippen LogP contribution in [0, 0.1) is 6.92 Å². The van der Waals surface area contributed by atoms with Crippen molar-refractivity contribution in [2.75, 3.05) is 0 Å². The molecule has 0 bridgehead atoms. The zero-order valence-electron chi connectivity index (χ0n) is 18.3. The molecular weight excluding hydrogens is 406 g/mol. The van der Waals surface area contributed by atoms with Gasteiger partial charge >= 0.3 is 0 Å². The fraction of sp³-hybridized carbons (Fsp3) is 0.292. The predicted molar refractivity (Wildman–Crippen MR) is 118 cm³/mol. The zero-order chi connectivity index (χ0) is 22.5. The van der Waals surface area contributed by atoms with Crippen LogP contribution >= 0.6 is 0 Å². The maximum absolute atomic E-state index is 12.1. The molecule has 8 heteroatoms. The second-order valence-electron chi connectivity index (χ2n) is 7.93. The van der Waals surface area contributed by atoms with Crippen molar-refractivity contribution in [1.82, 2.24) is 25.6 Å². The largest absolute Gasteiger partial charge is 0.361 e. The molecule has 1 aromatic carbocycles. The third kappa shape index (κ3) is 5.08. The average Bonchev–Trinajstić information content (AvgIpc) is 3.48. The standard InChI is InChI=1S/C24H25N5O3/c1-15(2)24-26-14-20(21-12-16(3)29-32-21)23(28-24)18-6-4-17(5-7-18)13-25-22(30)9-8-19-10-11-27-31-19/h4-7,10-12,14-15H,8-9,13H2,1-3H3,(H,25,30). The highest BCUT2D eigenvalue weighted by Gasteiger charge is 2.16. The van der Waals surface area contributed by atoms with Gasteiger partial charge in [-0.25, -0.2) is 9.97 Å². The molecule has 0 atom stereocenters. The summed E-state index contributed by atoms with van der Waals surface area (Å²) in [5, 5.41) is 10.6. The second-order valence-corrected chi connectivity index (χ2v) is 7.93. The van der Waals surface area contributed by atoms with Gasteiger partial charge in [0.05, 0.1) is 23.1 Å². The molecule has 3 heterocycles. The molecule has 0 aliphatic heterocycles. The van der Waals surface area contributed by atoms with E-state index in [1.54, 1.807) is 18.5 Å². The molecule has 0 spiro atoms. The van der Waals surface area contributed by atoms with Crippen LogP contribution in [0.3, 0.4) is 0 Å². The van der Waals surface area contributed by atoms with E-state index in [1.807, 2.05) is 37.3 Å². The van der Waals surface area contributed by atoms with Crippen LogP contribution in [0.4, 0.5) is 0 Å². The Kier molecular flexibility index (Phi) is 6.39. The first kappa shape index (κ1) is 21.4. The number of hydrogen-bond acceptors (Lipinski definition) is 7. The molecule has 1 amide bonds. The summed E-state index contributed by atoms with van der Waals surface area (Å²) in [5.74, 6) is 2.27. The van der Waals surface area contributed by atoms with Crippen LogP contribution in [0.15, 0.2) is 57.8 Å². The van der Waals surface area contributed by atoms with E-state index >= 15 is 0 Å². The molecule has 4 rings (SSSR count). The molecule has 0 fully saturated rings. The maximum Gasteiger partial charge on any atom is 0.220 e. The highest BCUT2D eigenvalue weighted by molar-refractivity contribution is 5.78. The number of rotatable bonds is 8. The number of aromatic nitrogens is 4. The van der Waals surface area contributed by atoms with Gasteiger partial charge in [0.2, 0.25) is 5.91 Å². The minimum Gasteiger partial charge on any atom is -0.361 e. The monoisotopic (exact) mass is 431 g/mol. The number of nitrogens with zero attached hydrogens (tertiary/aromatic N) is 4. The van der Waals surface area contributed by atoms with Gasteiger partial charge in [-0.2, -0.15) is 0 Å². The van der Waals surface area contributed by atoms with Gasteiger partial charge in [-0.3, -0.25) is 4.79 Å². The summed E-state index contributed by atoms with van der Waals surface area (Å²) < 4.78 is 10.5. The van der Waals surface area contributed by atoms with E-state index in [4.69, 9.17) is 14.0 Å². The summed E-state index contributed by atoms with van der Waals surface area (Å²) >= 11 is 0. The van der Waals surface area contributed by atoms with Gasteiger partial charge in [-0.1, -0.05) is 48.4 Å². The van der Waals surface area contributed by atoms with Crippen LogP contribution < -0.4 is 5.32 Å². The fourth-order valence-corrected chi connectivity index (χ4v) is 3.24. The topological polar surface area (TPSA) is 107 Å². The van der Waals surface area contributed by atoms with Crippen LogP contribution in [0.25, 0.3) is 22.6 Å². The molecule has 164 valence electrons. The Morgan fingerprint density at radius 1 is 1.12 bits per heavy atom. The molecule has 0 saturated carbocycles. The van der Waals surface area contributed by atoms with Crippen molar-refractivity contribution in [2.24, 2.45) is 0 Å². The van der Waals surface area contributed by atoms with Crippen LogP contribution in [0.1, 0.15) is 49.0 Å². The lowest BCUT2D eigenvalue weighted by Crippen LogP contribution is -2.22. The normalized spacial score (nSPS) is 11.1. The zero-order valence-corrected chi connectivity index (χ0v) is 18.3. The van der Waals surface area contributed by atoms with Gasteiger partial charge in [-0.15, -0.1) is 0 Å². The fourth-order valence-electron chi connectivity index (χ4n) is 3.24. The minimum absolute atomic E-state index is 0.0363. The smallest absolute Gasteiger partial charge is 0.220 e. The summed E-state index contributed by atoms with van der Waals surface area (Å²) in [6.45, 7) is 6.45. The van der Waals surface area contributed by atoms with E-state index < -0.39 is 0 Å². The molecular formula is C24H25N5O3. The van der Waals surface area contributed by atoms with E-state index in [2.05, 4.69) is 34.5 Å². The SMILES string of the molecule is Cc1cc(-c2cnc(C(C)C)nc2-c2ccc(CNC(=O)CCc3ccno3)cc2)on1. The van der Waals surface area contributed by atoms with Crippen LogP contribution in [-0.2, 0) is 17.8 Å². The Balaban J connectivity index is 1.48. The summed E-state index contributed by atoms with van der Waals surface area (Å²) in [6.07, 6.45) is 4.25. The second kappa shape index (κ2) is 9.55. The molecule has 4 aromatic rings. The van der Waals surface area contributed by atoms with Crippen molar-refractivity contribution < 1.29 is 13.8 Å². The summed E-state index contributed by atoms with van der Waals surface area (Å²) in [4.78, 5) is 21.4. The van der Waals surface area contributed by atoms with Crippen molar-refractivity contribution in [3.8, 4) is 22.6 Å². The number of amides is 1. The Morgan fingerprint density at radius 3 is 2.59 bits per heavy atom. The third-order valence-electron chi connectivity index (χ3n) is 5.02. The number of carbonyl (C=O) groups excluding carboxylic acids is 1. The number of nitrogens with one attached hydrogen (secondary N) is 1. The van der Waals surface area contributed by atoms with Gasteiger partial charge in [0.25, 0.3) is 0 Å². The lowest BCUT2D eigenvalue weighted by Gasteiger charge is -2.11. The first-order chi connectivity index (χ1) is 15.5. The predicted octanol–water partition coefficient (Wildman–Crippen LogP) is 4.47. The van der Waals surface area contributed by atoms with Crippen molar-refractivity contribution in [3.63, 3.8) is 0 Å². The Bertz CT molecular complexity index is 1180. The quantitative estimate of drug-likeness (QED) is 0.439. The maximum atomic E-state index is 12.1. The van der Waals surface area contributed by atoms with E-state index in [0.717, 1.165) is 33.9 Å². The first-order valence-corrected chi connectivity index (χ1v) is 10.6. The van der Waals surface area contributed by atoms with Crippen molar-refractivity contribution in [2.45, 2.75) is 46.1 Å². The Hall–Kier alpha value is -3.81. The molecule has 0 saturated heterocycles. The van der Waals surface area contributed by atoms with Crippen LogP contribution in [0.2, 0.25) is 0 Å². The number of benzene rings is 1. The first-order valence-electron chi connectivity index (χ1n) is 10.6. The van der Waals surface area contributed by atoms with Crippen molar-refractivity contribution in [3.05, 3.63) is 71.6 Å². The molecule has 0 aliphatic rings. The van der Waals surface area contributed by atoms with Crippen LogP contribution in [-0.4, -0.2) is 26.2 Å². The Labute approximate surface area is 186 Å². The number of aryl methyl sites for hydroxylation is 2. The molecule has 32 heavy (non-hydrogen) atoms. The molecule has 3 aromatic heterocycles. The molecule has 0 unspecified atom stereocenters. The van der Waals surface area contributed by atoms with Crippen molar-refractivity contribution >= 4 is 5.91 Å². The minimum atomic E-state index is -0.0363. The average molecular weight is 431 g/mol. The van der Waals surface area contributed by atoms with Crippen molar-refractivity contribution in [1.29, 1.82) is 0 Å². The molecule has 1 N–H and O–H groups in total. The lowest BCUT2D eigenvalue weighted by molar-refractivity contribution is -0.121. The number of carbonyl (C=O) groups is 1. The molecule has 8 nitrogen and oxygen atoms in total. The Morgan fingerprint density at radius 2 is 1.94 bits per heavy atom. The third-order valence-corrected chi connectivity index (χ3v) is 5.02. The molecule has 0 aliphatic carbocycles. The number of hydrogen-bond donors (Lipinski definition) is 1. The van der Waals surface area contributed by atoms with Gasteiger partial charge in [0.1, 0.15) is 11.6 Å². The van der Waals surface area contributed by atoms with E-state index in [1.165, 1.54) is 0 Å². The highest BCUT2D eigenvalue weighted by atomic mass is 16.5. The van der Waals surface area contributed by atoms with E-state index in [9.17, 15) is 4.79 Å². The van der Waals surface area contributed by atoms with E-state index in [-0.39, 0.29) is 11.8 Å². The van der Waals surface area contributed by atoms with Gasteiger partial charge in [-0.05, 0) is 12.5 Å². The summed E-state index contributed by atoms with van der Waals surface area (Å²) in [7, 11) is 0. The van der Waals surface area contributed by atoms with Gasteiger partial charge in [0, 0.05) is 49.2 Å². The summed E-state index contributed by atoms with van der Waals surface area (Å²) in [6, 6.07) is 11.6.